The number of hydrogen-bond donors (Lipinski definition) is 1. The largest absolute Gasteiger partial charge is 0.354 e. The highest BCUT2D eigenvalue weighted by Gasteiger charge is 2.32. The summed E-state index contributed by atoms with van der Waals surface area (Å²) in [5, 5.41) is 1.99. The predicted octanol–water partition coefficient (Wildman–Crippen LogP) is 0.520. The van der Waals surface area contributed by atoms with E-state index in [1.807, 2.05) is 27.9 Å². The van der Waals surface area contributed by atoms with E-state index in [1.54, 1.807) is 11.3 Å². The van der Waals surface area contributed by atoms with Crippen molar-refractivity contribution in [1.82, 2.24) is 9.38 Å². The van der Waals surface area contributed by atoms with Crippen molar-refractivity contribution in [2.24, 2.45) is 5.73 Å². The van der Waals surface area contributed by atoms with Crippen molar-refractivity contribution < 1.29 is 8.42 Å². The van der Waals surface area contributed by atoms with E-state index >= 15 is 0 Å². The van der Waals surface area contributed by atoms with Gasteiger partial charge in [-0.15, -0.1) is 11.3 Å². The molecule has 2 aromatic rings. The summed E-state index contributed by atoms with van der Waals surface area (Å²) in [6, 6.07) is 0.0149. The third-order valence-electron chi connectivity index (χ3n) is 3.81. The minimum Gasteiger partial charge on any atom is -0.354 e. The highest BCUT2D eigenvalue weighted by molar-refractivity contribution is 7.91. The molecule has 1 aliphatic heterocycles. The molecule has 0 saturated carbocycles. The van der Waals surface area contributed by atoms with E-state index in [9.17, 15) is 8.42 Å². The van der Waals surface area contributed by atoms with E-state index in [0.29, 0.717) is 13.0 Å². The van der Waals surface area contributed by atoms with Gasteiger partial charge in [0.15, 0.2) is 20.6 Å². The molecule has 0 aliphatic carbocycles. The number of sulfone groups is 1. The van der Waals surface area contributed by atoms with Gasteiger partial charge in [-0.1, -0.05) is 0 Å². The molecule has 1 fully saturated rings. The summed E-state index contributed by atoms with van der Waals surface area (Å²) in [5.41, 5.74) is 6.76. The second-order valence-electron chi connectivity index (χ2n) is 5.14. The second-order valence-corrected chi connectivity index (χ2v) is 8.25. The van der Waals surface area contributed by atoms with Crippen LogP contribution in [-0.2, 0) is 16.3 Å². The minimum atomic E-state index is -2.89. The zero-order valence-electron chi connectivity index (χ0n) is 11.3. The van der Waals surface area contributed by atoms with Crippen LogP contribution in [0.4, 0.5) is 5.82 Å². The molecule has 110 valence electrons. The summed E-state index contributed by atoms with van der Waals surface area (Å²) >= 11 is 1.57. The number of aromatic nitrogens is 2. The van der Waals surface area contributed by atoms with Crippen LogP contribution in [0, 0.1) is 0 Å². The Balaban J connectivity index is 1.96. The topological polar surface area (TPSA) is 80.7 Å². The Morgan fingerprint density at radius 2 is 2.40 bits per heavy atom. The summed E-state index contributed by atoms with van der Waals surface area (Å²) in [6.07, 6.45) is 3.39. The van der Waals surface area contributed by atoms with Crippen molar-refractivity contribution >= 4 is 32.0 Å². The number of imidazole rings is 1. The predicted molar refractivity (Wildman–Crippen MR) is 81.3 cm³/mol. The fraction of sp³-hybridized carbons (Fsp3) is 0.583. The molecule has 6 nitrogen and oxygen atoms in total. The van der Waals surface area contributed by atoms with Crippen LogP contribution in [-0.4, -0.2) is 48.9 Å². The number of anilines is 1. The number of fused-ring (bicyclic) bond motifs is 1. The molecule has 3 heterocycles. The van der Waals surface area contributed by atoms with Crippen molar-refractivity contribution in [2.45, 2.75) is 18.9 Å². The van der Waals surface area contributed by atoms with Crippen molar-refractivity contribution in [2.75, 3.05) is 30.0 Å². The first kappa shape index (κ1) is 13.8. The van der Waals surface area contributed by atoms with Gasteiger partial charge in [-0.3, -0.25) is 4.40 Å². The molecule has 1 atom stereocenters. The maximum Gasteiger partial charge on any atom is 0.195 e. The maximum atomic E-state index is 11.6. The molecule has 0 radical (unpaired) electrons. The van der Waals surface area contributed by atoms with Crippen molar-refractivity contribution in [3.05, 3.63) is 17.3 Å². The molecule has 20 heavy (non-hydrogen) atoms. The van der Waals surface area contributed by atoms with Crippen LogP contribution in [0.1, 0.15) is 12.1 Å². The molecule has 3 rings (SSSR count). The van der Waals surface area contributed by atoms with Gasteiger partial charge in [-0.05, 0) is 13.0 Å². The van der Waals surface area contributed by atoms with Crippen molar-refractivity contribution in [3.8, 4) is 0 Å². The Morgan fingerprint density at radius 3 is 3.05 bits per heavy atom. The van der Waals surface area contributed by atoms with Gasteiger partial charge < -0.3 is 10.6 Å². The van der Waals surface area contributed by atoms with E-state index in [2.05, 4.69) is 4.98 Å². The Kier molecular flexibility index (Phi) is 3.47. The lowest BCUT2D eigenvalue weighted by Gasteiger charge is -2.24. The standard InChI is InChI=1S/C12H18N4O2S2/c1-15(9-3-7-20(17,18)8-9)11-10(2-4-13)16-5-6-19-12(16)14-11/h5-6,9H,2-4,7-8,13H2,1H3. The number of rotatable bonds is 4. The van der Waals surface area contributed by atoms with Gasteiger partial charge in [0, 0.05) is 31.1 Å². The highest BCUT2D eigenvalue weighted by atomic mass is 32.2. The van der Waals surface area contributed by atoms with E-state index in [0.717, 1.165) is 22.9 Å². The van der Waals surface area contributed by atoms with Crippen LogP contribution in [0.2, 0.25) is 0 Å². The lowest BCUT2D eigenvalue weighted by Crippen LogP contribution is -2.33. The van der Waals surface area contributed by atoms with Crippen LogP contribution in [0.25, 0.3) is 4.96 Å². The van der Waals surface area contributed by atoms with Crippen LogP contribution in [0.5, 0.6) is 0 Å². The molecule has 0 amide bonds. The molecule has 0 aromatic carbocycles. The molecule has 8 heteroatoms. The molecule has 1 aliphatic rings. The molecule has 2 aromatic heterocycles. The zero-order valence-corrected chi connectivity index (χ0v) is 13.0. The zero-order chi connectivity index (χ0) is 14.3. The van der Waals surface area contributed by atoms with Gasteiger partial charge in [-0.2, -0.15) is 0 Å². The highest BCUT2D eigenvalue weighted by Crippen LogP contribution is 2.28. The van der Waals surface area contributed by atoms with Crippen molar-refractivity contribution in [1.29, 1.82) is 0 Å². The maximum absolute atomic E-state index is 11.6. The Morgan fingerprint density at radius 1 is 1.60 bits per heavy atom. The molecule has 2 N–H and O–H groups in total. The molecule has 1 saturated heterocycles. The van der Waals surface area contributed by atoms with Gasteiger partial charge in [0.25, 0.3) is 0 Å². The first-order chi connectivity index (χ1) is 9.52. The van der Waals surface area contributed by atoms with Gasteiger partial charge in [-0.25, -0.2) is 13.4 Å². The smallest absolute Gasteiger partial charge is 0.195 e. The summed E-state index contributed by atoms with van der Waals surface area (Å²) in [5.74, 6) is 1.36. The number of nitrogens with two attached hydrogens (primary N) is 1. The van der Waals surface area contributed by atoms with E-state index in [1.165, 1.54) is 0 Å². The third-order valence-corrected chi connectivity index (χ3v) is 6.32. The van der Waals surface area contributed by atoms with Crippen LogP contribution >= 0.6 is 11.3 Å². The molecular formula is C12H18N4O2S2. The lowest BCUT2D eigenvalue weighted by molar-refractivity contribution is 0.600. The van der Waals surface area contributed by atoms with E-state index in [-0.39, 0.29) is 17.5 Å². The second kappa shape index (κ2) is 5.01. The van der Waals surface area contributed by atoms with Crippen LogP contribution < -0.4 is 10.6 Å². The van der Waals surface area contributed by atoms with Gasteiger partial charge in [0.05, 0.1) is 17.2 Å². The Labute approximate surface area is 122 Å². The summed E-state index contributed by atoms with van der Waals surface area (Å²) in [4.78, 5) is 7.58. The fourth-order valence-corrected chi connectivity index (χ4v) is 5.23. The normalized spacial score (nSPS) is 21.6. The van der Waals surface area contributed by atoms with Crippen molar-refractivity contribution in [3.63, 3.8) is 0 Å². The SMILES string of the molecule is CN(c1nc2sccn2c1CCN)C1CCS(=O)(=O)C1. The molecule has 0 bridgehead atoms. The van der Waals surface area contributed by atoms with Gasteiger partial charge in [0.2, 0.25) is 0 Å². The molecule has 1 unspecified atom stereocenters. The number of nitrogens with zero attached hydrogens (tertiary/aromatic N) is 3. The lowest BCUT2D eigenvalue weighted by atomic mass is 10.2. The molecule has 0 spiro atoms. The summed E-state index contributed by atoms with van der Waals surface area (Å²) in [7, 11) is -0.960. The van der Waals surface area contributed by atoms with Gasteiger partial charge >= 0.3 is 0 Å². The summed E-state index contributed by atoms with van der Waals surface area (Å²) < 4.78 is 25.3. The quantitative estimate of drug-likeness (QED) is 0.890. The Hall–Kier alpha value is -1.12. The Bertz CT molecular complexity index is 719. The van der Waals surface area contributed by atoms with Crippen LogP contribution in [0.15, 0.2) is 11.6 Å². The third kappa shape index (κ3) is 2.32. The monoisotopic (exact) mass is 314 g/mol. The van der Waals surface area contributed by atoms with E-state index in [4.69, 9.17) is 5.73 Å². The first-order valence-electron chi connectivity index (χ1n) is 6.59. The number of thiazole rings is 1. The summed E-state index contributed by atoms with van der Waals surface area (Å²) in [6.45, 7) is 0.549. The first-order valence-corrected chi connectivity index (χ1v) is 9.29. The minimum absolute atomic E-state index is 0.0149. The van der Waals surface area contributed by atoms with Gasteiger partial charge in [0.1, 0.15) is 0 Å². The van der Waals surface area contributed by atoms with Crippen LogP contribution in [0.3, 0.4) is 0 Å². The average Bonchev–Trinajstić information content (AvgIpc) is 3.05. The number of hydrogen-bond acceptors (Lipinski definition) is 6. The van der Waals surface area contributed by atoms with E-state index < -0.39 is 9.84 Å². The molecular weight excluding hydrogens is 296 g/mol. The average molecular weight is 314 g/mol. The fourth-order valence-electron chi connectivity index (χ4n) is 2.73.